The second kappa shape index (κ2) is 8.61. The third-order valence-corrected chi connectivity index (χ3v) is 5.41. The van der Waals surface area contributed by atoms with Crippen LogP contribution in [-0.2, 0) is 4.79 Å². The maximum atomic E-state index is 12.5. The summed E-state index contributed by atoms with van der Waals surface area (Å²) in [5.74, 6) is 1.78. The number of phenols is 1. The fraction of sp³-hybridized carbons (Fsp3) is 0.409. The topological polar surface area (TPSA) is 74.3 Å². The van der Waals surface area contributed by atoms with Crippen LogP contribution in [0.4, 0.5) is 5.69 Å². The summed E-state index contributed by atoms with van der Waals surface area (Å²) >= 11 is 0. The van der Waals surface area contributed by atoms with Gasteiger partial charge >= 0.3 is 0 Å². The van der Waals surface area contributed by atoms with Gasteiger partial charge in [-0.3, -0.25) is 9.69 Å². The summed E-state index contributed by atoms with van der Waals surface area (Å²) in [5.41, 5.74) is 1.84. The van der Waals surface area contributed by atoms with Crippen LogP contribution in [0.1, 0.15) is 18.5 Å². The Kier molecular flexibility index (Phi) is 5.76. The van der Waals surface area contributed by atoms with Gasteiger partial charge in [-0.25, -0.2) is 0 Å². The first-order valence-electron chi connectivity index (χ1n) is 10.0. The number of rotatable bonds is 5. The maximum absolute atomic E-state index is 12.5. The van der Waals surface area contributed by atoms with E-state index in [0.717, 1.165) is 48.9 Å². The lowest BCUT2D eigenvalue weighted by Crippen LogP contribution is -2.49. The van der Waals surface area contributed by atoms with Crippen molar-refractivity contribution in [1.29, 1.82) is 0 Å². The van der Waals surface area contributed by atoms with E-state index in [1.54, 1.807) is 6.07 Å². The molecule has 4 rings (SSSR count). The highest BCUT2D eigenvalue weighted by molar-refractivity contribution is 5.78. The smallest absolute Gasteiger partial charge is 0.234 e. The van der Waals surface area contributed by atoms with Crippen molar-refractivity contribution >= 4 is 11.6 Å². The van der Waals surface area contributed by atoms with Gasteiger partial charge in [0.1, 0.15) is 19.0 Å². The Morgan fingerprint density at radius 2 is 1.79 bits per heavy atom. The second-order valence-electron chi connectivity index (χ2n) is 7.44. The van der Waals surface area contributed by atoms with Crippen LogP contribution < -0.4 is 19.7 Å². The van der Waals surface area contributed by atoms with Crippen LogP contribution in [0.15, 0.2) is 42.5 Å². The Labute approximate surface area is 170 Å². The van der Waals surface area contributed by atoms with E-state index in [4.69, 9.17) is 9.47 Å². The number of hydrogen-bond acceptors (Lipinski definition) is 6. The first kappa shape index (κ1) is 19.4. The SMILES string of the molecule is C[C@@H](NC(=O)CN1CCN(c2ccccc2O)CC1)c1ccc2c(c1)OCCO2. The number of piperazine rings is 1. The number of nitrogens with one attached hydrogen (secondary N) is 1. The molecule has 0 saturated carbocycles. The molecule has 29 heavy (non-hydrogen) atoms. The van der Waals surface area contributed by atoms with Crippen molar-refractivity contribution in [1.82, 2.24) is 10.2 Å². The molecule has 1 amide bonds. The standard InChI is InChI=1S/C22H27N3O4/c1-16(17-6-7-20-21(14-17)29-13-12-28-20)23-22(27)15-24-8-10-25(11-9-24)18-4-2-3-5-19(18)26/h2-7,14,16,26H,8-13,15H2,1H3,(H,23,27)/t16-/m1/s1. The zero-order valence-corrected chi connectivity index (χ0v) is 16.6. The Hall–Kier alpha value is -2.93. The fourth-order valence-electron chi connectivity index (χ4n) is 3.78. The van der Waals surface area contributed by atoms with Crippen molar-refractivity contribution in [3.05, 3.63) is 48.0 Å². The van der Waals surface area contributed by atoms with E-state index < -0.39 is 0 Å². The summed E-state index contributed by atoms with van der Waals surface area (Å²) in [6.07, 6.45) is 0. The van der Waals surface area contributed by atoms with Crippen LogP contribution in [0.5, 0.6) is 17.2 Å². The molecule has 2 aliphatic rings. The minimum atomic E-state index is -0.110. The predicted octanol–water partition coefficient (Wildman–Crippen LogP) is 2.16. The van der Waals surface area contributed by atoms with Gasteiger partial charge in [-0.1, -0.05) is 18.2 Å². The lowest BCUT2D eigenvalue weighted by atomic mass is 10.1. The largest absolute Gasteiger partial charge is 0.506 e. The fourth-order valence-corrected chi connectivity index (χ4v) is 3.78. The molecule has 2 aromatic rings. The summed E-state index contributed by atoms with van der Waals surface area (Å²) in [4.78, 5) is 16.8. The number of aromatic hydroxyl groups is 1. The zero-order valence-electron chi connectivity index (χ0n) is 16.6. The number of nitrogens with zero attached hydrogens (tertiary/aromatic N) is 2. The third kappa shape index (κ3) is 4.56. The summed E-state index contributed by atoms with van der Waals surface area (Å²) in [5, 5.41) is 13.1. The van der Waals surface area contributed by atoms with Crippen molar-refractivity contribution in [3.8, 4) is 17.2 Å². The molecule has 2 heterocycles. The van der Waals surface area contributed by atoms with E-state index in [1.807, 2.05) is 43.3 Å². The summed E-state index contributed by atoms with van der Waals surface area (Å²) < 4.78 is 11.2. The van der Waals surface area contributed by atoms with Crippen LogP contribution in [-0.4, -0.2) is 61.9 Å². The molecule has 1 saturated heterocycles. The van der Waals surface area contributed by atoms with Gasteiger partial charge in [0.05, 0.1) is 18.3 Å². The van der Waals surface area contributed by atoms with Crippen molar-refractivity contribution in [2.24, 2.45) is 0 Å². The first-order chi connectivity index (χ1) is 14.1. The van der Waals surface area contributed by atoms with Crippen LogP contribution in [0.25, 0.3) is 0 Å². The molecule has 7 nitrogen and oxygen atoms in total. The van der Waals surface area contributed by atoms with E-state index >= 15 is 0 Å². The van der Waals surface area contributed by atoms with Gasteiger partial charge in [0, 0.05) is 26.2 Å². The van der Waals surface area contributed by atoms with Crippen molar-refractivity contribution in [2.45, 2.75) is 13.0 Å². The molecule has 0 unspecified atom stereocenters. The van der Waals surface area contributed by atoms with Crippen molar-refractivity contribution in [2.75, 3.05) is 50.8 Å². The summed E-state index contributed by atoms with van der Waals surface area (Å²) in [6, 6.07) is 13.1. The Morgan fingerprint density at radius 1 is 1.07 bits per heavy atom. The number of ether oxygens (including phenoxy) is 2. The van der Waals surface area contributed by atoms with Gasteiger partial charge in [-0.2, -0.15) is 0 Å². The van der Waals surface area contributed by atoms with E-state index in [-0.39, 0.29) is 11.9 Å². The Morgan fingerprint density at radius 3 is 2.55 bits per heavy atom. The average molecular weight is 397 g/mol. The van der Waals surface area contributed by atoms with Crippen LogP contribution in [0.3, 0.4) is 0 Å². The van der Waals surface area contributed by atoms with Gasteiger partial charge in [-0.15, -0.1) is 0 Å². The van der Waals surface area contributed by atoms with Crippen molar-refractivity contribution in [3.63, 3.8) is 0 Å². The van der Waals surface area contributed by atoms with Crippen LogP contribution >= 0.6 is 0 Å². The molecule has 0 bridgehead atoms. The highest BCUT2D eigenvalue weighted by Crippen LogP contribution is 2.32. The number of phenolic OH excluding ortho intramolecular Hbond substituents is 1. The minimum absolute atomic E-state index is 0.00315. The normalized spacial score (nSPS) is 17.6. The average Bonchev–Trinajstić information content (AvgIpc) is 2.74. The van der Waals surface area contributed by atoms with Gasteiger partial charge < -0.3 is 24.8 Å². The zero-order chi connectivity index (χ0) is 20.2. The minimum Gasteiger partial charge on any atom is -0.506 e. The molecule has 154 valence electrons. The second-order valence-corrected chi connectivity index (χ2v) is 7.44. The third-order valence-electron chi connectivity index (χ3n) is 5.41. The molecule has 2 aliphatic heterocycles. The quantitative estimate of drug-likeness (QED) is 0.806. The molecule has 2 N–H and O–H groups in total. The molecule has 7 heteroatoms. The number of anilines is 1. The van der Waals surface area contributed by atoms with E-state index in [2.05, 4.69) is 15.1 Å². The molecule has 0 aromatic heterocycles. The number of hydrogen-bond donors (Lipinski definition) is 2. The highest BCUT2D eigenvalue weighted by atomic mass is 16.6. The number of carbonyl (C=O) groups excluding carboxylic acids is 1. The number of amides is 1. The number of benzene rings is 2. The number of fused-ring (bicyclic) bond motifs is 1. The van der Waals surface area contributed by atoms with Gasteiger partial charge in [0.15, 0.2) is 11.5 Å². The Bertz CT molecular complexity index is 865. The van der Waals surface area contributed by atoms with Gasteiger partial charge in [0.25, 0.3) is 0 Å². The molecular formula is C22H27N3O4. The molecule has 1 fully saturated rings. The molecule has 1 atom stereocenters. The lowest BCUT2D eigenvalue weighted by molar-refractivity contribution is -0.123. The Balaban J connectivity index is 1.27. The van der Waals surface area contributed by atoms with Crippen LogP contribution in [0.2, 0.25) is 0 Å². The maximum Gasteiger partial charge on any atom is 0.234 e. The molecule has 0 aliphatic carbocycles. The monoisotopic (exact) mass is 397 g/mol. The number of carbonyl (C=O) groups is 1. The number of para-hydroxylation sites is 2. The predicted molar refractivity (Wildman–Crippen MR) is 111 cm³/mol. The first-order valence-corrected chi connectivity index (χ1v) is 10.0. The molecular weight excluding hydrogens is 370 g/mol. The summed E-state index contributed by atoms with van der Waals surface area (Å²) in [7, 11) is 0. The van der Waals surface area contributed by atoms with Crippen LogP contribution in [0, 0.1) is 0 Å². The van der Waals surface area contributed by atoms with Crippen molar-refractivity contribution < 1.29 is 19.4 Å². The van der Waals surface area contributed by atoms with Gasteiger partial charge in [-0.05, 0) is 36.8 Å². The lowest BCUT2D eigenvalue weighted by Gasteiger charge is -2.36. The van der Waals surface area contributed by atoms with E-state index in [9.17, 15) is 9.90 Å². The van der Waals surface area contributed by atoms with E-state index in [1.165, 1.54) is 0 Å². The molecule has 2 aromatic carbocycles. The molecule has 0 spiro atoms. The highest BCUT2D eigenvalue weighted by Gasteiger charge is 2.22. The summed E-state index contributed by atoms with van der Waals surface area (Å²) in [6.45, 7) is 6.56. The molecule has 0 radical (unpaired) electrons. The van der Waals surface area contributed by atoms with Gasteiger partial charge in [0.2, 0.25) is 5.91 Å². The van der Waals surface area contributed by atoms with E-state index in [0.29, 0.717) is 25.5 Å².